The molecule has 0 unspecified atom stereocenters. The van der Waals surface area contributed by atoms with Gasteiger partial charge in [-0.05, 0) is 19.1 Å². The number of anilines is 1. The van der Waals surface area contributed by atoms with E-state index in [0.29, 0.717) is 5.69 Å². The second kappa shape index (κ2) is 7.04. The van der Waals surface area contributed by atoms with Gasteiger partial charge in [0.2, 0.25) is 5.91 Å². The molecule has 1 atom stereocenters. The van der Waals surface area contributed by atoms with Crippen molar-refractivity contribution in [2.24, 2.45) is 0 Å². The smallest absolute Gasteiger partial charge is 0.319 e. The number of carbonyl (C=O) groups excluding carboxylic acids is 2. The van der Waals surface area contributed by atoms with Crippen LogP contribution in [0.5, 0.6) is 0 Å². The molecule has 7 heteroatoms. The van der Waals surface area contributed by atoms with E-state index >= 15 is 0 Å². The van der Waals surface area contributed by atoms with Crippen LogP contribution in [0, 0.1) is 0 Å². The molecular formula is C15H18N4O2S. The maximum absolute atomic E-state index is 11.9. The maximum Gasteiger partial charge on any atom is 0.319 e. The first-order valence-corrected chi connectivity index (χ1v) is 7.64. The predicted octanol–water partition coefficient (Wildman–Crippen LogP) is 2.41. The summed E-state index contributed by atoms with van der Waals surface area (Å²) in [6.45, 7) is 1.65. The van der Waals surface area contributed by atoms with Gasteiger partial charge in [-0.2, -0.15) is 0 Å². The van der Waals surface area contributed by atoms with Crippen LogP contribution < -0.4 is 10.6 Å². The van der Waals surface area contributed by atoms with E-state index in [1.54, 1.807) is 33.3 Å². The number of nitrogens with zero attached hydrogens (tertiary/aromatic N) is 2. The highest BCUT2D eigenvalue weighted by Crippen LogP contribution is 2.24. The highest BCUT2D eigenvalue weighted by atomic mass is 32.1. The van der Waals surface area contributed by atoms with Gasteiger partial charge in [-0.25, -0.2) is 9.78 Å². The van der Waals surface area contributed by atoms with E-state index in [1.165, 1.54) is 16.2 Å². The maximum atomic E-state index is 11.9. The zero-order valence-corrected chi connectivity index (χ0v) is 13.5. The Kier molecular flexibility index (Phi) is 5.11. The van der Waals surface area contributed by atoms with E-state index in [0.717, 1.165) is 10.6 Å². The Balaban J connectivity index is 2.00. The van der Waals surface area contributed by atoms with E-state index in [-0.39, 0.29) is 5.91 Å². The van der Waals surface area contributed by atoms with Crippen LogP contribution in [0.3, 0.4) is 0 Å². The lowest BCUT2D eigenvalue weighted by Gasteiger charge is -2.18. The third-order valence-electron chi connectivity index (χ3n) is 2.96. The third-order valence-corrected chi connectivity index (χ3v) is 3.78. The number of urea groups is 1. The number of nitrogens with one attached hydrogen (secondary N) is 2. The Bertz CT molecular complexity index is 655. The molecule has 22 heavy (non-hydrogen) atoms. The van der Waals surface area contributed by atoms with Crippen LogP contribution in [0.1, 0.15) is 6.92 Å². The fourth-order valence-electron chi connectivity index (χ4n) is 1.91. The molecule has 2 rings (SSSR count). The lowest BCUT2D eigenvalue weighted by Crippen LogP contribution is -2.45. The number of hydrogen-bond donors (Lipinski definition) is 2. The molecule has 0 aliphatic heterocycles. The fourth-order valence-corrected chi connectivity index (χ4v) is 2.54. The van der Waals surface area contributed by atoms with Crippen LogP contribution in [-0.4, -0.2) is 42.0 Å². The molecule has 0 bridgehead atoms. The molecule has 116 valence electrons. The summed E-state index contributed by atoms with van der Waals surface area (Å²) < 4.78 is 0. The van der Waals surface area contributed by atoms with Crippen LogP contribution >= 0.6 is 11.3 Å². The SMILES string of the molecule is C[C@H](NC(=O)Nc1cccc(-c2nccs2)c1)C(=O)N(C)C. The summed E-state index contributed by atoms with van der Waals surface area (Å²) in [5, 5.41) is 8.12. The monoisotopic (exact) mass is 318 g/mol. The third kappa shape index (κ3) is 4.05. The summed E-state index contributed by atoms with van der Waals surface area (Å²) in [5.41, 5.74) is 1.58. The van der Waals surface area contributed by atoms with E-state index in [2.05, 4.69) is 15.6 Å². The highest BCUT2D eigenvalue weighted by Gasteiger charge is 2.17. The van der Waals surface area contributed by atoms with Crippen LogP contribution in [0.25, 0.3) is 10.6 Å². The van der Waals surface area contributed by atoms with E-state index in [9.17, 15) is 9.59 Å². The molecule has 1 aromatic heterocycles. The van der Waals surface area contributed by atoms with Gasteiger partial charge < -0.3 is 15.5 Å². The molecule has 0 fully saturated rings. The van der Waals surface area contributed by atoms with E-state index in [1.807, 2.05) is 23.6 Å². The van der Waals surface area contributed by atoms with Crippen molar-refractivity contribution in [1.82, 2.24) is 15.2 Å². The van der Waals surface area contributed by atoms with Crippen LogP contribution in [-0.2, 0) is 4.79 Å². The number of hydrogen-bond acceptors (Lipinski definition) is 4. The normalized spacial score (nSPS) is 11.6. The molecule has 0 spiro atoms. The summed E-state index contributed by atoms with van der Waals surface area (Å²) in [4.78, 5) is 29.3. The molecule has 6 nitrogen and oxygen atoms in total. The standard InChI is InChI=1S/C15H18N4O2S/c1-10(14(20)19(2)3)17-15(21)18-12-6-4-5-11(9-12)13-16-7-8-22-13/h4-10H,1-3H3,(H2,17,18,21)/t10-/m0/s1. The molecule has 2 N–H and O–H groups in total. The number of rotatable bonds is 4. The van der Waals surface area contributed by atoms with Crippen molar-refractivity contribution in [2.75, 3.05) is 19.4 Å². The summed E-state index contributed by atoms with van der Waals surface area (Å²) in [5.74, 6) is -0.160. The zero-order valence-electron chi connectivity index (χ0n) is 12.7. The first-order valence-electron chi connectivity index (χ1n) is 6.76. The summed E-state index contributed by atoms with van der Waals surface area (Å²) in [6.07, 6.45) is 1.74. The van der Waals surface area contributed by atoms with Crippen molar-refractivity contribution in [3.05, 3.63) is 35.8 Å². The van der Waals surface area contributed by atoms with Crippen LogP contribution in [0.15, 0.2) is 35.8 Å². The van der Waals surface area contributed by atoms with Gasteiger partial charge in [-0.15, -0.1) is 11.3 Å². The van der Waals surface area contributed by atoms with E-state index < -0.39 is 12.1 Å². The summed E-state index contributed by atoms with van der Waals surface area (Å²) in [6, 6.07) is 6.41. The van der Waals surface area contributed by atoms with Crippen LogP contribution in [0.4, 0.5) is 10.5 Å². The topological polar surface area (TPSA) is 74.3 Å². The summed E-state index contributed by atoms with van der Waals surface area (Å²) in [7, 11) is 3.30. The Morgan fingerprint density at radius 1 is 1.32 bits per heavy atom. The molecule has 1 aromatic carbocycles. The minimum Gasteiger partial charge on any atom is -0.347 e. The molecule has 0 radical (unpaired) electrons. The number of aromatic nitrogens is 1. The zero-order chi connectivity index (χ0) is 16.1. The Hall–Kier alpha value is -2.41. The summed E-state index contributed by atoms with van der Waals surface area (Å²) >= 11 is 1.53. The van der Waals surface area contributed by atoms with Gasteiger partial charge in [0.1, 0.15) is 11.0 Å². The Morgan fingerprint density at radius 2 is 2.09 bits per heavy atom. The number of carbonyl (C=O) groups is 2. The molecule has 1 heterocycles. The van der Waals surface area contributed by atoms with E-state index in [4.69, 9.17) is 0 Å². The number of amides is 3. The minimum atomic E-state index is -0.586. The molecule has 0 saturated carbocycles. The highest BCUT2D eigenvalue weighted by molar-refractivity contribution is 7.13. The van der Waals surface area contributed by atoms with Crippen molar-refractivity contribution < 1.29 is 9.59 Å². The first kappa shape index (κ1) is 16.0. The quantitative estimate of drug-likeness (QED) is 0.909. The van der Waals surface area contributed by atoms with Gasteiger partial charge in [0, 0.05) is 36.9 Å². The second-order valence-corrected chi connectivity index (χ2v) is 5.87. The Labute approximate surface area is 133 Å². The lowest BCUT2D eigenvalue weighted by atomic mass is 10.2. The number of benzene rings is 1. The number of thiazole rings is 1. The second-order valence-electron chi connectivity index (χ2n) is 4.97. The number of likely N-dealkylation sites (N-methyl/N-ethyl adjacent to an activating group) is 1. The van der Waals surface area contributed by atoms with Crippen LogP contribution in [0.2, 0.25) is 0 Å². The van der Waals surface area contributed by atoms with Crippen molar-refractivity contribution >= 4 is 29.0 Å². The molecule has 0 saturated heterocycles. The largest absolute Gasteiger partial charge is 0.347 e. The van der Waals surface area contributed by atoms with Crippen molar-refractivity contribution in [2.45, 2.75) is 13.0 Å². The average Bonchev–Trinajstić information content (AvgIpc) is 3.00. The van der Waals surface area contributed by atoms with Gasteiger partial charge in [0.25, 0.3) is 0 Å². The van der Waals surface area contributed by atoms with Crippen molar-refractivity contribution in [3.8, 4) is 10.6 Å². The lowest BCUT2D eigenvalue weighted by molar-refractivity contribution is -0.130. The van der Waals surface area contributed by atoms with Crippen molar-refractivity contribution in [1.29, 1.82) is 0 Å². The minimum absolute atomic E-state index is 0.160. The van der Waals surface area contributed by atoms with Gasteiger partial charge in [-0.1, -0.05) is 12.1 Å². The van der Waals surface area contributed by atoms with Crippen molar-refractivity contribution in [3.63, 3.8) is 0 Å². The predicted molar refractivity (Wildman–Crippen MR) is 87.9 cm³/mol. The van der Waals surface area contributed by atoms with Gasteiger partial charge in [0.15, 0.2) is 0 Å². The fraction of sp³-hybridized carbons (Fsp3) is 0.267. The molecular weight excluding hydrogens is 300 g/mol. The first-order chi connectivity index (χ1) is 10.5. The Morgan fingerprint density at radius 3 is 2.73 bits per heavy atom. The molecule has 3 amide bonds. The molecule has 0 aliphatic carbocycles. The van der Waals surface area contributed by atoms with Gasteiger partial charge in [-0.3, -0.25) is 4.79 Å². The molecule has 2 aromatic rings. The van der Waals surface area contributed by atoms with Gasteiger partial charge in [0.05, 0.1) is 0 Å². The van der Waals surface area contributed by atoms with Gasteiger partial charge >= 0.3 is 6.03 Å². The molecule has 0 aliphatic rings. The average molecular weight is 318 g/mol.